The Morgan fingerprint density at radius 2 is 0.404 bits per heavy atom. The molecule has 0 saturated carbocycles. The second-order valence-corrected chi connectivity index (χ2v) is 29.6. The molecule has 114 heavy (non-hydrogen) atoms. The molecule has 18 rings (SSSR count). The van der Waals surface area contributed by atoms with Gasteiger partial charge < -0.3 is 30.6 Å². The summed E-state index contributed by atoms with van der Waals surface area (Å²) in [5, 5.41) is 6.35. The highest BCUT2D eigenvalue weighted by Crippen LogP contribution is 2.42. The third kappa shape index (κ3) is 14.2. The average molecular weight is 1490 g/mol. The summed E-state index contributed by atoms with van der Waals surface area (Å²) in [6, 6.07) is 58.2. The molecule has 14 aromatic rings. The second kappa shape index (κ2) is 30.4. The van der Waals surface area contributed by atoms with Crippen molar-refractivity contribution in [2.75, 3.05) is 13.1 Å². The molecule has 18 heteroatoms. The van der Waals surface area contributed by atoms with Crippen LogP contribution in [0.3, 0.4) is 0 Å². The van der Waals surface area contributed by atoms with Gasteiger partial charge in [0, 0.05) is 186 Å². The predicted molar refractivity (Wildman–Crippen MR) is 451 cm³/mol. The minimum atomic E-state index is -0.145. The average Bonchev–Trinajstić information content (AvgIpc) is 1.61. The van der Waals surface area contributed by atoms with Gasteiger partial charge in [0.1, 0.15) is 42.3 Å². The standard InChI is InChI=1S/C96H80N16O2/c1-107-49-35-63(36-50-107)89-75-23-19-71(99-75)87(72-20-24-76(100-72)90(64-37-51-108(2)52-38-64)80-28-32-84(104-80)93(83-31-27-79(89)103-83)67-43-57-111(5)58-44-67)61-11-15-69(16-12-61)95(113)97-47-9-7-8-10-48-98-96(114)70-17-13-62(14-18-70)88-73-21-25-77(101-73)91(65-39-53-109(3)54-40-65)81-29-33-85(105-81)94(68-45-59-112(6)60-46-68)86-34-30-82(106-86)92(78-26-22-74(88)102-78)66-41-55-110(4)56-42-66/h11-46,49-60H,7-10,47-48H2,1-6H3,(H2-2,97,98,99,100,101,102,103,104,105,106,113,114)/q+2/p+4. The molecule has 554 valence electrons. The molecule has 12 aromatic heterocycles. The van der Waals surface area contributed by atoms with Gasteiger partial charge in [-0.15, -0.1) is 0 Å². The van der Waals surface area contributed by atoms with Gasteiger partial charge in [-0.1, -0.05) is 37.1 Å². The van der Waals surface area contributed by atoms with Crippen LogP contribution in [-0.2, 0) is 42.3 Å². The lowest BCUT2D eigenvalue weighted by atomic mass is 10.0. The first-order valence-electron chi connectivity index (χ1n) is 38.6. The molecule has 16 bridgehead atoms. The van der Waals surface area contributed by atoms with E-state index in [2.05, 4.69) is 275 Å². The number of nitrogens with one attached hydrogen (secondary N) is 6. The lowest BCUT2D eigenvalue weighted by molar-refractivity contribution is -0.671. The van der Waals surface area contributed by atoms with Crippen molar-refractivity contribution in [3.63, 3.8) is 0 Å². The van der Waals surface area contributed by atoms with E-state index < -0.39 is 0 Å². The quantitative estimate of drug-likeness (QED) is 0.0387. The minimum absolute atomic E-state index is 0.145. The van der Waals surface area contributed by atoms with E-state index in [4.69, 9.17) is 19.9 Å². The number of fused-ring (bicyclic) bond motifs is 16. The summed E-state index contributed by atoms with van der Waals surface area (Å²) in [5.74, 6) is -0.289. The van der Waals surface area contributed by atoms with Crippen LogP contribution in [0, 0.1) is 0 Å². The fourth-order valence-electron chi connectivity index (χ4n) is 15.6. The van der Waals surface area contributed by atoms with Crippen LogP contribution in [0.2, 0.25) is 0 Å². The molecule has 0 fully saturated rings. The summed E-state index contributed by atoms with van der Waals surface area (Å²) in [7, 11) is 12.1. The number of aryl methyl sites for hydroxylation is 6. The number of nitrogens with zero attached hydrogens (tertiary/aromatic N) is 10. The van der Waals surface area contributed by atoms with Crippen LogP contribution in [0.15, 0.2) is 244 Å². The molecule has 0 aliphatic carbocycles. The van der Waals surface area contributed by atoms with E-state index in [9.17, 15) is 9.59 Å². The first kappa shape index (κ1) is 71.1. The highest BCUT2D eigenvalue weighted by Gasteiger charge is 2.25. The molecule has 6 N–H and O–H groups in total. The summed E-state index contributed by atoms with van der Waals surface area (Å²) in [6.45, 7) is 1.03. The number of hydrogen-bond donors (Lipinski definition) is 6. The van der Waals surface area contributed by atoms with Crippen molar-refractivity contribution in [1.29, 1.82) is 0 Å². The van der Waals surface area contributed by atoms with Gasteiger partial charge in [-0.25, -0.2) is 47.3 Å². The summed E-state index contributed by atoms with van der Waals surface area (Å²) in [5.41, 5.74) is 30.3. The third-order valence-corrected chi connectivity index (χ3v) is 21.7. The Kier molecular flexibility index (Phi) is 19.0. The lowest BCUT2D eigenvalue weighted by Gasteiger charge is -2.09. The molecular formula is C96H84N16O2+6. The summed E-state index contributed by atoms with van der Waals surface area (Å²) >= 11 is 0. The number of aromatic amines is 4. The molecule has 0 atom stereocenters. The van der Waals surface area contributed by atoms with Crippen molar-refractivity contribution in [3.05, 3.63) is 301 Å². The van der Waals surface area contributed by atoms with Gasteiger partial charge in [0.15, 0.2) is 74.4 Å². The Morgan fingerprint density at radius 1 is 0.237 bits per heavy atom. The molecule has 4 aliphatic heterocycles. The second-order valence-electron chi connectivity index (χ2n) is 29.6. The van der Waals surface area contributed by atoms with Crippen molar-refractivity contribution in [1.82, 2.24) is 50.5 Å². The SMILES string of the molecule is C[n+]1ccc(-c2c3nc(c(-c4cc[n+](C)cc4)c4ccc([nH]4)c(-c4cc[n+](C)cc4)c4nc(c(-c5ccc(C(=O)NCCCCCCNC(=O)c6ccc(-c7c8nc(c(-c9cc[n+](C)cc9)c9ccc([nH]9)c(-c9cc[n+](C)cc9)c9nc(c(-c%10cc[n+](C)cc%10)c%10ccc7[nH]%10)C=C9)C=C8)cc6)cc5)c5ccc2[nH]5)C=C4)C=C3)cc1. The predicted octanol–water partition coefficient (Wildman–Crippen LogP) is 15.6. The van der Waals surface area contributed by atoms with E-state index in [0.717, 1.165) is 204 Å². The monoisotopic (exact) mass is 1490 g/mol. The zero-order chi connectivity index (χ0) is 77.5. The van der Waals surface area contributed by atoms with E-state index in [1.807, 2.05) is 118 Å². The first-order chi connectivity index (χ1) is 55.7. The Bertz CT molecular complexity index is 6150. The first-order valence-corrected chi connectivity index (χ1v) is 38.6. The summed E-state index contributed by atoms with van der Waals surface area (Å²) in [6.07, 6.45) is 44.9. The largest absolute Gasteiger partial charge is 0.354 e. The van der Waals surface area contributed by atoms with Crippen molar-refractivity contribution in [2.24, 2.45) is 42.3 Å². The smallest absolute Gasteiger partial charge is 0.251 e. The lowest BCUT2D eigenvalue weighted by Crippen LogP contribution is -2.25. The van der Waals surface area contributed by atoms with Crippen LogP contribution in [0.5, 0.6) is 0 Å². The summed E-state index contributed by atoms with van der Waals surface area (Å²) < 4.78 is 12.2. The fourth-order valence-corrected chi connectivity index (χ4v) is 15.6. The van der Waals surface area contributed by atoms with Gasteiger partial charge in [0.25, 0.3) is 11.8 Å². The molecule has 4 aliphatic rings. The molecule has 18 nitrogen and oxygen atoms in total. The molecular weight excluding hydrogens is 1410 g/mol. The van der Waals surface area contributed by atoms with E-state index >= 15 is 0 Å². The van der Waals surface area contributed by atoms with Gasteiger partial charge >= 0.3 is 0 Å². The third-order valence-electron chi connectivity index (χ3n) is 21.7. The topological polar surface area (TPSA) is 196 Å². The van der Waals surface area contributed by atoms with Crippen molar-refractivity contribution < 1.29 is 37.0 Å². The molecule has 0 unspecified atom stereocenters. The number of carbonyl (C=O) groups excluding carboxylic acids is 2. The Hall–Kier alpha value is -14.5. The van der Waals surface area contributed by atoms with Crippen molar-refractivity contribution >= 4 is 105 Å². The number of amides is 2. The molecule has 2 amide bonds. The number of hydrogen-bond acceptors (Lipinski definition) is 6. The molecule has 0 saturated heterocycles. The number of carbonyl (C=O) groups is 2. The molecule has 0 spiro atoms. The van der Waals surface area contributed by atoms with Crippen LogP contribution < -0.4 is 38.0 Å². The van der Waals surface area contributed by atoms with Crippen LogP contribution in [0.1, 0.15) is 92.0 Å². The molecule has 2 aromatic carbocycles. The van der Waals surface area contributed by atoms with Crippen LogP contribution >= 0.6 is 0 Å². The highest BCUT2D eigenvalue weighted by molar-refractivity contribution is 6.04. The van der Waals surface area contributed by atoms with Gasteiger partial charge in [-0.3, -0.25) is 9.59 Å². The minimum Gasteiger partial charge on any atom is -0.354 e. The Balaban J connectivity index is 0.584. The highest BCUT2D eigenvalue weighted by atomic mass is 16.2. The number of H-pyrrole nitrogens is 4. The zero-order valence-electron chi connectivity index (χ0n) is 64.2. The van der Waals surface area contributed by atoms with Crippen LogP contribution in [0.25, 0.3) is 182 Å². The number of unbranched alkanes of at least 4 members (excludes halogenated alkanes) is 3. The molecule has 16 heterocycles. The van der Waals surface area contributed by atoms with E-state index in [1.165, 1.54) is 0 Å². The number of benzene rings is 2. The number of rotatable bonds is 17. The van der Waals surface area contributed by atoms with Gasteiger partial charge in [0.2, 0.25) is 0 Å². The fraction of sp³-hybridized carbons (Fsp3) is 0.125. The maximum Gasteiger partial charge on any atom is 0.251 e. The zero-order valence-corrected chi connectivity index (χ0v) is 64.2. The Morgan fingerprint density at radius 3 is 0.579 bits per heavy atom. The maximum atomic E-state index is 13.9. The van der Waals surface area contributed by atoms with E-state index in [0.29, 0.717) is 24.2 Å². The van der Waals surface area contributed by atoms with Gasteiger partial charge in [-0.2, -0.15) is 0 Å². The van der Waals surface area contributed by atoms with Gasteiger partial charge in [0.05, 0.1) is 45.6 Å². The van der Waals surface area contributed by atoms with Crippen LogP contribution in [-0.4, -0.2) is 64.8 Å². The van der Waals surface area contributed by atoms with Gasteiger partial charge in [-0.05, 0) is 179 Å². The van der Waals surface area contributed by atoms with Crippen molar-refractivity contribution in [3.8, 4) is 89.0 Å². The summed E-state index contributed by atoms with van der Waals surface area (Å²) in [4.78, 5) is 65.2. The number of aromatic nitrogens is 14. The Labute approximate surface area is 659 Å². The maximum absolute atomic E-state index is 13.9. The number of pyridine rings is 6. The normalized spacial score (nSPS) is 12.1. The van der Waals surface area contributed by atoms with Crippen LogP contribution in [0.4, 0.5) is 0 Å². The van der Waals surface area contributed by atoms with E-state index in [1.54, 1.807) is 0 Å². The van der Waals surface area contributed by atoms with E-state index in [-0.39, 0.29) is 11.8 Å². The van der Waals surface area contributed by atoms with Crippen molar-refractivity contribution in [2.45, 2.75) is 25.7 Å². The molecule has 0 radical (unpaired) electrons.